The van der Waals surface area contributed by atoms with Gasteiger partial charge in [0.1, 0.15) is 0 Å². The van der Waals surface area contributed by atoms with E-state index in [1.54, 1.807) is 42.6 Å². The molecular formula is C19H17N5O2. The van der Waals surface area contributed by atoms with Gasteiger partial charge >= 0.3 is 0 Å². The summed E-state index contributed by atoms with van der Waals surface area (Å²) in [6.07, 6.45) is 1.54. The van der Waals surface area contributed by atoms with Crippen LogP contribution in [-0.4, -0.2) is 22.8 Å². The quantitative estimate of drug-likeness (QED) is 0.499. The molecule has 1 heterocycles. The van der Waals surface area contributed by atoms with Crippen molar-refractivity contribution in [3.8, 4) is 0 Å². The Balaban J connectivity index is 1.90. The van der Waals surface area contributed by atoms with Gasteiger partial charge in [-0.1, -0.05) is 18.2 Å². The number of nitrogens with zero attached hydrogens (tertiary/aromatic N) is 2. The molecule has 130 valence electrons. The Labute approximate surface area is 150 Å². The third kappa shape index (κ3) is 4.02. The molecule has 2 aromatic carbocycles. The molecule has 0 fully saturated rings. The fourth-order valence-electron chi connectivity index (χ4n) is 2.48. The number of para-hydroxylation sites is 1. The summed E-state index contributed by atoms with van der Waals surface area (Å²) < 4.78 is 0. The predicted molar refractivity (Wildman–Crippen MR) is 101 cm³/mol. The first-order chi connectivity index (χ1) is 12.5. The van der Waals surface area contributed by atoms with Gasteiger partial charge in [0.15, 0.2) is 0 Å². The van der Waals surface area contributed by atoms with Gasteiger partial charge in [-0.2, -0.15) is 0 Å². The molecule has 0 atom stereocenters. The minimum Gasteiger partial charge on any atom is -0.369 e. The summed E-state index contributed by atoms with van der Waals surface area (Å²) in [7, 11) is 0. The summed E-state index contributed by atoms with van der Waals surface area (Å²) in [6.45, 7) is 1.42. The van der Waals surface area contributed by atoms with Gasteiger partial charge in [0.2, 0.25) is 11.9 Å². The molecule has 2 amide bonds. The van der Waals surface area contributed by atoms with Gasteiger partial charge < -0.3 is 11.1 Å². The molecular weight excluding hydrogens is 330 g/mol. The van der Waals surface area contributed by atoms with E-state index in [-0.39, 0.29) is 11.9 Å². The van der Waals surface area contributed by atoms with E-state index in [2.05, 4.69) is 20.6 Å². The minimum atomic E-state index is -0.408. The molecule has 7 heteroatoms. The lowest BCUT2D eigenvalue weighted by molar-refractivity contribution is -0.114. The van der Waals surface area contributed by atoms with Gasteiger partial charge in [-0.25, -0.2) is 4.99 Å². The molecule has 7 nitrogen and oxygen atoms in total. The van der Waals surface area contributed by atoms with E-state index in [9.17, 15) is 9.59 Å². The zero-order chi connectivity index (χ0) is 18.5. The average molecular weight is 347 g/mol. The normalized spacial score (nSPS) is 11.2. The van der Waals surface area contributed by atoms with Crippen LogP contribution in [-0.2, 0) is 4.79 Å². The monoisotopic (exact) mass is 347 g/mol. The minimum absolute atomic E-state index is 0.0100. The lowest BCUT2D eigenvalue weighted by Crippen LogP contribution is -2.36. The van der Waals surface area contributed by atoms with Crippen LogP contribution in [0.3, 0.4) is 0 Å². The Kier molecular flexibility index (Phi) is 4.89. The highest BCUT2D eigenvalue weighted by Crippen LogP contribution is 2.21. The molecule has 0 spiro atoms. The van der Waals surface area contributed by atoms with Crippen molar-refractivity contribution in [3.05, 3.63) is 66.4 Å². The zero-order valence-electron chi connectivity index (χ0n) is 14.1. The van der Waals surface area contributed by atoms with Crippen LogP contribution in [0.2, 0.25) is 0 Å². The highest BCUT2D eigenvalue weighted by Gasteiger charge is 2.12. The SMILES string of the molecule is CC(=O)Nc1ccc2nccc(C(=O)NC(N)=Nc3ccccc3)c2c1. The average Bonchev–Trinajstić information content (AvgIpc) is 2.61. The van der Waals surface area contributed by atoms with Gasteiger partial charge in [-0.3, -0.25) is 19.9 Å². The lowest BCUT2D eigenvalue weighted by atomic mass is 10.1. The smallest absolute Gasteiger partial charge is 0.258 e. The number of nitrogens with two attached hydrogens (primary N) is 1. The number of aliphatic imine (C=N–C) groups is 1. The van der Waals surface area contributed by atoms with Crippen LogP contribution in [0.25, 0.3) is 10.9 Å². The maximum Gasteiger partial charge on any atom is 0.258 e. The first-order valence-corrected chi connectivity index (χ1v) is 7.90. The van der Waals surface area contributed by atoms with E-state index in [1.807, 2.05) is 18.2 Å². The summed E-state index contributed by atoms with van der Waals surface area (Å²) >= 11 is 0. The Morgan fingerprint density at radius 2 is 1.85 bits per heavy atom. The molecule has 0 aliphatic heterocycles. The molecule has 0 aliphatic rings. The Hall–Kier alpha value is -3.74. The van der Waals surface area contributed by atoms with Crippen molar-refractivity contribution >= 4 is 40.1 Å². The molecule has 0 aliphatic carbocycles. The molecule has 26 heavy (non-hydrogen) atoms. The molecule has 1 aromatic heterocycles. The van der Waals surface area contributed by atoms with Crippen molar-refractivity contribution in [2.75, 3.05) is 5.32 Å². The Morgan fingerprint density at radius 3 is 2.58 bits per heavy atom. The largest absolute Gasteiger partial charge is 0.369 e. The lowest BCUT2D eigenvalue weighted by Gasteiger charge is -2.09. The summed E-state index contributed by atoms with van der Waals surface area (Å²) in [5, 5.41) is 5.86. The number of pyridine rings is 1. The fourth-order valence-corrected chi connectivity index (χ4v) is 2.48. The van der Waals surface area contributed by atoms with Crippen molar-refractivity contribution in [1.82, 2.24) is 10.3 Å². The molecule has 4 N–H and O–H groups in total. The van der Waals surface area contributed by atoms with Crippen LogP contribution in [0.15, 0.2) is 65.8 Å². The Morgan fingerprint density at radius 1 is 1.08 bits per heavy atom. The van der Waals surface area contributed by atoms with Crippen molar-refractivity contribution < 1.29 is 9.59 Å². The van der Waals surface area contributed by atoms with E-state index in [0.29, 0.717) is 27.8 Å². The molecule has 0 radical (unpaired) electrons. The maximum atomic E-state index is 12.6. The zero-order valence-corrected chi connectivity index (χ0v) is 14.1. The van der Waals surface area contributed by atoms with E-state index >= 15 is 0 Å². The van der Waals surface area contributed by atoms with Crippen LogP contribution in [0.4, 0.5) is 11.4 Å². The van der Waals surface area contributed by atoms with E-state index in [0.717, 1.165) is 0 Å². The van der Waals surface area contributed by atoms with Crippen LogP contribution in [0, 0.1) is 0 Å². The highest BCUT2D eigenvalue weighted by molar-refractivity contribution is 6.12. The van der Waals surface area contributed by atoms with Crippen LogP contribution in [0.5, 0.6) is 0 Å². The number of benzene rings is 2. The highest BCUT2D eigenvalue weighted by atomic mass is 16.2. The van der Waals surface area contributed by atoms with Crippen molar-refractivity contribution in [2.45, 2.75) is 6.92 Å². The number of carbonyl (C=O) groups excluding carboxylic acids is 2. The summed E-state index contributed by atoms with van der Waals surface area (Å²) in [6, 6.07) is 15.8. The number of fused-ring (bicyclic) bond motifs is 1. The second-order valence-corrected chi connectivity index (χ2v) is 5.56. The number of amides is 2. The first-order valence-electron chi connectivity index (χ1n) is 7.90. The predicted octanol–water partition coefficient (Wildman–Crippen LogP) is 2.57. The second kappa shape index (κ2) is 7.43. The summed E-state index contributed by atoms with van der Waals surface area (Å²) in [5.74, 6) is -0.614. The number of anilines is 1. The number of carbonyl (C=O) groups is 2. The molecule has 3 aromatic rings. The van der Waals surface area contributed by atoms with Crippen molar-refractivity contribution in [1.29, 1.82) is 0 Å². The molecule has 3 rings (SSSR count). The fraction of sp³-hybridized carbons (Fsp3) is 0.0526. The van der Waals surface area contributed by atoms with Crippen molar-refractivity contribution in [2.24, 2.45) is 10.7 Å². The molecule has 0 unspecified atom stereocenters. The first kappa shape index (κ1) is 17.1. The van der Waals surface area contributed by atoms with Crippen molar-refractivity contribution in [3.63, 3.8) is 0 Å². The molecule has 0 saturated heterocycles. The number of hydrogen-bond donors (Lipinski definition) is 3. The van der Waals surface area contributed by atoms with Gasteiger partial charge in [0.05, 0.1) is 16.8 Å². The third-order valence-electron chi connectivity index (χ3n) is 3.55. The van der Waals surface area contributed by atoms with Crippen LogP contribution in [0.1, 0.15) is 17.3 Å². The van der Waals surface area contributed by atoms with Crippen LogP contribution >= 0.6 is 0 Å². The van der Waals surface area contributed by atoms with Gasteiger partial charge in [0, 0.05) is 24.2 Å². The summed E-state index contributed by atoms with van der Waals surface area (Å²) in [4.78, 5) is 32.2. The van der Waals surface area contributed by atoms with Gasteiger partial charge in [-0.05, 0) is 36.4 Å². The summed E-state index contributed by atoms with van der Waals surface area (Å²) in [5.41, 5.74) is 8.06. The molecule has 0 bridgehead atoms. The number of rotatable bonds is 3. The van der Waals surface area contributed by atoms with E-state index in [4.69, 9.17) is 5.73 Å². The van der Waals surface area contributed by atoms with Crippen LogP contribution < -0.4 is 16.4 Å². The number of guanidine groups is 1. The Bertz CT molecular complexity index is 999. The number of aromatic nitrogens is 1. The second-order valence-electron chi connectivity index (χ2n) is 5.56. The maximum absolute atomic E-state index is 12.6. The van der Waals surface area contributed by atoms with E-state index < -0.39 is 5.91 Å². The topological polar surface area (TPSA) is 109 Å². The molecule has 0 saturated carbocycles. The van der Waals surface area contributed by atoms with Gasteiger partial charge in [0.25, 0.3) is 5.91 Å². The van der Waals surface area contributed by atoms with E-state index in [1.165, 1.54) is 6.92 Å². The van der Waals surface area contributed by atoms with Gasteiger partial charge in [-0.15, -0.1) is 0 Å². The number of nitrogens with one attached hydrogen (secondary N) is 2. The number of hydrogen-bond acceptors (Lipinski definition) is 4. The standard InChI is InChI=1S/C19H17N5O2/c1-12(25)22-14-7-8-17-16(11-14)15(9-10-21-17)18(26)24-19(20)23-13-5-3-2-4-6-13/h2-11H,1H3,(H,22,25)(H3,20,23,24,26). The third-order valence-corrected chi connectivity index (χ3v) is 3.55.